The predicted molar refractivity (Wildman–Crippen MR) is 77.7 cm³/mol. The molecule has 9 nitrogen and oxygen atoms in total. The quantitative estimate of drug-likeness (QED) is 0.667. The van der Waals surface area contributed by atoms with Crippen LogP contribution >= 0.6 is 8.60 Å². The number of nitrogens with one attached hydrogen (secondary N) is 1. The molecule has 1 amide bonds. The summed E-state index contributed by atoms with van der Waals surface area (Å²) in [5, 5.41) is 12.4. The molecule has 0 radical (unpaired) electrons. The van der Waals surface area contributed by atoms with Crippen molar-refractivity contribution in [3.63, 3.8) is 0 Å². The minimum atomic E-state index is -1.52. The lowest BCUT2D eigenvalue weighted by Gasteiger charge is -2.34. The van der Waals surface area contributed by atoms with Gasteiger partial charge in [0.1, 0.15) is 18.4 Å². The number of Topliss-reactive ketones (excluding diaryl/α,β-unsaturated/α-hetero) is 1. The molecule has 4 atom stereocenters. The molecule has 0 aromatic carbocycles. The Bertz CT molecular complexity index is 542. The summed E-state index contributed by atoms with van der Waals surface area (Å²) < 4.78 is 34.9. The molecule has 11 heteroatoms. The van der Waals surface area contributed by atoms with Gasteiger partial charge >= 0.3 is 8.60 Å². The van der Waals surface area contributed by atoms with Crippen molar-refractivity contribution in [2.75, 3.05) is 19.8 Å². The Morgan fingerprint density at radius 3 is 2.88 bits per heavy atom. The zero-order valence-electron chi connectivity index (χ0n) is 12.9. The molecule has 24 heavy (non-hydrogen) atoms. The van der Waals surface area contributed by atoms with E-state index >= 15 is 0 Å². The van der Waals surface area contributed by atoms with E-state index in [1.807, 2.05) is 0 Å². The fourth-order valence-corrected chi connectivity index (χ4v) is 3.52. The highest BCUT2D eigenvalue weighted by atomic mass is 31.2. The normalized spacial score (nSPS) is 35.1. The molecular weight excluding hydrogens is 346 g/mol. The molecule has 0 spiro atoms. The number of aliphatic hydroxyl groups excluding tert-OH is 1. The lowest BCUT2D eigenvalue weighted by atomic mass is 10.1. The van der Waals surface area contributed by atoms with Crippen LogP contribution in [0.25, 0.3) is 0 Å². The van der Waals surface area contributed by atoms with Gasteiger partial charge in [-0.2, -0.15) is 4.39 Å². The van der Waals surface area contributed by atoms with E-state index in [0.29, 0.717) is 13.2 Å². The SMILES string of the molecule is CC1NC(=O)C(F)=CN1[C@@H]1O[C@H](COP2OCCCO2)[C@@H](O)C1=O. The van der Waals surface area contributed by atoms with E-state index in [1.54, 1.807) is 6.92 Å². The third-order valence-electron chi connectivity index (χ3n) is 3.75. The van der Waals surface area contributed by atoms with Crippen molar-refractivity contribution >= 4 is 20.3 Å². The molecule has 0 aromatic heterocycles. The summed E-state index contributed by atoms with van der Waals surface area (Å²) in [7, 11) is -1.52. The van der Waals surface area contributed by atoms with Gasteiger partial charge in [-0.1, -0.05) is 0 Å². The first-order chi connectivity index (χ1) is 11.5. The Morgan fingerprint density at radius 2 is 2.17 bits per heavy atom. The molecule has 1 unspecified atom stereocenters. The van der Waals surface area contributed by atoms with Crippen molar-refractivity contribution in [1.82, 2.24) is 10.2 Å². The number of carbonyl (C=O) groups is 2. The summed E-state index contributed by atoms with van der Waals surface area (Å²) in [6.07, 6.45) is -2.54. The van der Waals surface area contributed by atoms with E-state index in [1.165, 1.54) is 4.90 Å². The number of hydrogen-bond acceptors (Lipinski definition) is 8. The maximum atomic E-state index is 13.5. The fourth-order valence-electron chi connectivity index (χ4n) is 2.47. The molecule has 0 saturated carbocycles. The maximum absolute atomic E-state index is 13.5. The molecule has 2 saturated heterocycles. The number of carbonyl (C=O) groups excluding carboxylic acids is 2. The van der Waals surface area contributed by atoms with E-state index in [9.17, 15) is 19.1 Å². The molecular formula is C13H18FN2O7P. The van der Waals surface area contributed by atoms with E-state index < -0.39 is 50.7 Å². The second-order valence-electron chi connectivity index (χ2n) is 5.49. The average molecular weight is 364 g/mol. The van der Waals surface area contributed by atoms with Crippen molar-refractivity contribution in [2.24, 2.45) is 0 Å². The third kappa shape index (κ3) is 3.58. The summed E-state index contributed by atoms with van der Waals surface area (Å²) in [6.45, 7) is 2.52. The van der Waals surface area contributed by atoms with Gasteiger partial charge in [0, 0.05) is 6.20 Å². The van der Waals surface area contributed by atoms with Crippen LogP contribution in [0.15, 0.2) is 12.0 Å². The molecule has 3 rings (SSSR count). The number of ether oxygens (including phenoxy) is 1. The molecule has 2 fully saturated rings. The first-order valence-electron chi connectivity index (χ1n) is 7.49. The van der Waals surface area contributed by atoms with Gasteiger partial charge in [-0.25, -0.2) is 0 Å². The van der Waals surface area contributed by atoms with Crippen LogP contribution < -0.4 is 5.32 Å². The molecule has 0 aromatic rings. The summed E-state index contributed by atoms with van der Waals surface area (Å²) in [5.41, 5.74) is 0. The van der Waals surface area contributed by atoms with Crippen molar-refractivity contribution < 1.29 is 37.4 Å². The fraction of sp³-hybridized carbons (Fsp3) is 0.692. The van der Waals surface area contributed by atoms with E-state index in [4.69, 9.17) is 18.3 Å². The van der Waals surface area contributed by atoms with Gasteiger partial charge in [0.15, 0.2) is 6.23 Å². The summed E-state index contributed by atoms with van der Waals surface area (Å²) >= 11 is 0. The minimum absolute atomic E-state index is 0.101. The van der Waals surface area contributed by atoms with Crippen LogP contribution in [0.4, 0.5) is 4.39 Å². The van der Waals surface area contributed by atoms with Crippen LogP contribution in [0.2, 0.25) is 0 Å². The van der Waals surface area contributed by atoms with Crippen LogP contribution in [0, 0.1) is 0 Å². The smallest absolute Gasteiger partial charge is 0.332 e. The van der Waals surface area contributed by atoms with Gasteiger partial charge in [0.25, 0.3) is 5.91 Å². The topological polar surface area (TPSA) is 107 Å². The molecule has 0 bridgehead atoms. The first kappa shape index (κ1) is 17.7. The number of hydrogen-bond donors (Lipinski definition) is 2. The van der Waals surface area contributed by atoms with Crippen LogP contribution in [0.5, 0.6) is 0 Å². The summed E-state index contributed by atoms with van der Waals surface area (Å²) in [5.74, 6) is -2.53. The third-order valence-corrected chi connectivity index (χ3v) is 4.90. The van der Waals surface area contributed by atoms with Gasteiger partial charge in [-0.05, 0) is 13.3 Å². The zero-order chi connectivity index (χ0) is 17.3. The Kier molecular flexibility index (Phi) is 5.43. The van der Waals surface area contributed by atoms with Crippen molar-refractivity contribution in [1.29, 1.82) is 0 Å². The Balaban J connectivity index is 1.62. The Morgan fingerprint density at radius 1 is 1.46 bits per heavy atom. The van der Waals surface area contributed by atoms with Crippen LogP contribution in [0.1, 0.15) is 13.3 Å². The number of aliphatic hydroxyl groups is 1. The standard InChI is InChI=1S/C13H18FN2O7P/c1-7-15-12(19)8(14)5-16(7)13-11(18)10(17)9(23-13)6-22-24-20-3-2-4-21-24/h5,7,9-10,13,17H,2-4,6H2,1H3,(H,15,19)/t7?,9-,10-,13-/m1/s1. The molecule has 3 heterocycles. The van der Waals surface area contributed by atoms with Crippen LogP contribution in [-0.2, 0) is 27.9 Å². The number of rotatable bonds is 4. The Labute approximate surface area is 138 Å². The number of nitrogens with zero attached hydrogens (tertiary/aromatic N) is 1. The highest BCUT2D eigenvalue weighted by Crippen LogP contribution is 2.43. The maximum Gasteiger partial charge on any atom is 0.332 e. The van der Waals surface area contributed by atoms with E-state index in [-0.39, 0.29) is 6.61 Å². The Hall–Kier alpha value is -1.16. The van der Waals surface area contributed by atoms with Gasteiger partial charge in [0.2, 0.25) is 11.6 Å². The summed E-state index contributed by atoms with van der Waals surface area (Å²) in [6, 6.07) is 0. The average Bonchev–Trinajstić information content (AvgIpc) is 2.85. The second kappa shape index (κ2) is 7.38. The largest absolute Gasteiger partial charge is 0.382 e. The van der Waals surface area contributed by atoms with Gasteiger partial charge in [-0.15, -0.1) is 0 Å². The molecule has 3 aliphatic rings. The molecule has 0 aliphatic carbocycles. The van der Waals surface area contributed by atoms with E-state index in [0.717, 1.165) is 12.6 Å². The first-order valence-corrected chi connectivity index (χ1v) is 8.58. The van der Waals surface area contributed by atoms with Gasteiger partial charge in [-0.3, -0.25) is 9.59 Å². The number of amides is 1. The zero-order valence-corrected chi connectivity index (χ0v) is 13.8. The lowest BCUT2D eigenvalue weighted by molar-refractivity contribution is -0.138. The van der Waals surface area contributed by atoms with Crippen molar-refractivity contribution in [2.45, 2.75) is 37.9 Å². The summed E-state index contributed by atoms with van der Waals surface area (Å²) in [4.78, 5) is 24.7. The van der Waals surface area contributed by atoms with Gasteiger partial charge < -0.3 is 33.6 Å². The molecule has 2 N–H and O–H groups in total. The molecule has 3 aliphatic heterocycles. The second-order valence-corrected chi connectivity index (χ2v) is 6.71. The lowest BCUT2D eigenvalue weighted by Crippen LogP contribution is -2.54. The molecule has 134 valence electrons. The van der Waals surface area contributed by atoms with E-state index in [2.05, 4.69) is 5.32 Å². The highest BCUT2D eigenvalue weighted by molar-refractivity contribution is 7.41. The van der Waals surface area contributed by atoms with Crippen molar-refractivity contribution in [3.05, 3.63) is 12.0 Å². The van der Waals surface area contributed by atoms with Crippen LogP contribution in [0.3, 0.4) is 0 Å². The number of ketones is 1. The van der Waals surface area contributed by atoms with Gasteiger partial charge in [0.05, 0.1) is 19.8 Å². The minimum Gasteiger partial charge on any atom is -0.382 e. The monoisotopic (exact) mass is 364 g/mol. The van der Waals surface area contributed by atoms with Crippen LogP contribution in [-0.4, -0.2) is 66.1 Å². The predicted octanol–water partition coefficient (Wildman–Crippen LogP) is -0.0896. The van der Waals surface area contributed by atoms with Crippen molar-refractivity contribution in [3.8, 4) is 0 Å². The highest BCUT2D eigenvalue weighted by Gasteiger charge is 2.47. The number of halogens is 1.